The molecule has 3 rings (SSSR count). The summed E-state index contributed by atoms with van der Waals surface area (Å²) in [6.45, 7) is 0. The summed E-state index contributed by atoms with van der Waals surface area (Å²) in [5, 5.41) is 0.780. The van der Waals surface area contributed by atoms with E-state index in [2.05, 4.69) is 4.72 Å². The fourth-order valence-corrected chi connectivity index (χ4v) is 4.78. The van der Waals surface area contributed by atoms with Crippen molar-refractivity contribution in [3.63, 3.8) is 0 Å². The molecule has 0 aliphatic carbocycles. The lowest BCUT2D eigenvalue weighted by molar-refractivity contribution is 0.484. The Hall–Kier alpha value is -1.34. The molecule has 3 aromatic carbocycles. The van der Waals surface area contributed by atoms with Crippen LogP contribution >= 0.6 is 58.0 Å². The third-order valence-corrected chi connectivity index (χ3v) is 6.21. The van der Waals surface area contributed by atoms with E-state index in [1.807, 2.05) is 0 Å². The van der Waals surface area contributed by atoms with Crippen molar-refractivity contribution in [2.24, 2.45) is 0 Å². The molecule has 1 N–H and O–H groups in total. The minimum atomic E-state index is -3.80. The summed E-state index contributed by atoms with van der Waals surface area (Å²) in [7, 11) is -3.80. The van der Waals surface area contributed by atoms with E-state index in [0.29, 0.717) is 5.02 Å². The van der Waals surface area contributed by atoms with Crippen LogP contribution in [0.3, 0.4) is 0 Å². The highest BCUT2D eigenvalue weighted by atomic mass is 35.5. The highest BCUT2D eigenvalue weighted by Crippen LogP contribution is 2.44. The maximum atomic E-state index is 12.4. The number of rotatable bonds is 5. The SMILES string of the molecule is O=S(=O)(Nc1cc(Cl)c(Oc2c(Cl)cc(Cl)cc2Cl)c(Cl)c1)c1ccccc1. The second kappa shape index (κ2) is 8.57. The quantitative estimate of drug-likeness (QED) is 0.396. The number of halogens is 5. The summed E-state index contributed by atoms with van der Waals surface area (Å²) in [6.07, 6.45) is 0. The first-order valence-electron chi connectivity index (χ1n) is 7.56. The van der Waals surface area contributed by atoms with Gasteiger partial charge in [0, 0.05) is 5.02 Å². The molecule has 0 spiro atoms. The maximum Gasteiger partial charge on any atom is 0.261 e. The fraction of sp³-hybridized carbons (Fsp3) is 0. The number of hydrogen-bond donors (Lipinski definition) is 1. The lowest BCUT2D eigenvalue weighted by Gasteiger charge is -2.15. The van der Waals surface area contributed by atoms with Gasteiger partial charge in [0.05, 0.1) is 30.7 Å². The first kappa shape index (κ1) is 21.4. The molecule has 0 aliphatic heterocycles. The summed E-state index contributed by atoms with van der Waals surface area (Å²) >= 11 is 30.6. The van der Waals surface area contributed by atoms with E-state index >= 15 is 0 Å². The van der Waals surface area contributed by atoms with Crippen LogP contribution in [0.2, 0.25) is 25.1 Å². The monoisotopic (exact) mass is 495 g/mol. The zero-order valence-electron chi connectivity index (χ0n) is 13.7. The van der Waals surface area contributed by atoms with Crippen LogP contribution in [0.15, 0.2) is 59.5 Å². The minimum absolute atomic E-state index is 0.0559. The Labute approximate surface area is 186 Å². The van der Waals surface area contributed by atoms with Crippen LogP contribution in [0, 0.1) is 0 Å². The van der Waals surface area contributed by atoms with Gasteiger partial charge in [-0.15, -0.1) is 0 Å². The maximum absolute atomic E-state index is 12.4. The average molecular weight is 498 g/mol. The van der Waals surface area contributed by atoms with Crippen LogP contribution in [0.25, 0.3) is 0 Å². The largest absolute Gasteiger partial charge is 0.451 e. The van der Waals surface area contributed by atoms with E-state index in [-0.39, 0.29) is 42.2 Å². The Bertz CT molecular complexity index is 1090. The Kier molecular flexibility index (Phi) is 6.54. The number of ether oxygens (including phenoxy) is 1. The van der Waals surface area contributed by atoms with Gasteiger partial charge in [0.25, 0.3) is 10.0 Å². The molecule has 0 atom stereocenters. The van der Waals surface area contributed by atoms with E-state index in [1.165, 1.54) is 36.4 Å². The number of benzene rings is 3. The number of anilines is 1. The third kappa shape index (κ3) is 4.79. The molecule has 146 valence electrons. The predicted octanol–water partition coefficient (Wildman–Crippen LogP) is 7.55. The highest BCUT2D eigenvalue weighted by Gasteiger charge is 2.19. The molecule has 0 fully saturated rings. The summed E-state index contributed by atoms with van der Waals surface area (Å²) < 4.78 is 33.0. The summed E-state index contributed by atoms with van der Waals surface area (Å²) in [5.74, 6) is 0.186. The van der Waals surface area contributed by atoms with Crippen LogP contribution in [0.1, 0.15) is 0 Å². The lowest BCUT2D eigenvalue weighted by atomic mass is 10.3. The molecular weight excluding hydrogens is 488 g/mol. The topological polar surface area (TPSA) is 55.4 Å². The van der Waals surface area contributed by atoms with E-state index in [9.17, 15) is 8.42 Å². The fourth-order valence-electron chi connectivity index (χ4n) is 2.26. The van der Waals surface area contributed by atoms with Gasteiger partial charge in [-0.25, -0.2) is 8.42 Å². The number of hydrogen-bond acceptors (Lipinski definition) is 3. The Morgan fingerprint density at radius 2 is 1.18 bits per heavy atom. The molecule has 10 heteroatoms. The van der Waals surface area contributed by atoms with Gasteiger partial charge in [-0.3, -0.25) is 4.72 Å². The molecular formula is C18H10Cl5NO3S. The summed E-state index contributed by atoms with van der Waals surface area (Å²) in [5.41, 5.74) is 0.166. The van der Waals surface area contributed by atoms with Gasteiger partial charge < -0.3 is 4.74 Å². The molecule has 0 aromatic heterocycles. The standard InChI is InChI=1S/C18H10Cl5NO3S/c19-10-6-13(20)17(14(21)7-10)27-18-15(22)8-11(9-16(18)23)24-28(25,26)12-4-2-1-3-5-12/h1-9,24H. The molecule has 0 saturated heterocycles. The number of nitrogens with one attached hydrogen (secondary N) is 1. The third-order valence-electron chi connectivity index (χ3n) is 3.47. The highest BCUT2D eigenvalue weighted by molar-refractivity contribution is 7.92. The average Bonchev–Trinajstić information content (AvgIpc) is 2.60. The van der Waals surface area contributed by atoms with Gasteiger partial charge in [0.15, 0.2) is 11.5 Å². The summed E-state index contributed by atoms with van der Waals surface area (Å²) in [6, 6.07) is 13.5. The second-order valence-electron chi connectivity index (χ2n) is 5.49. The van der Waals surface area contributed by atoms with E-state index in [0.717, 1.165) is 0 Å². The predicted molar refractivity (Wildman–Crippen MR) is 115 cm³/mol. The summed E-state index contributed by atoms with van der Waals surface area (Å²) in [4.78, 5) is 0.0994. The second-order valence-corrected chi connectivity index (χ2v) is 9.24. The molecule has 0 aliphatic rings. The van der Waals surface area contributed by atoms with Crippen molar-refractivity contribution >= 4 is 73.7 Å². The normalized spacial score (nSPS) is 11.3. The Morgan fingerprint density at radius 1 is 0.714 bits per heavy atom. The van der Waals surface area contributed by atoms with E-state index in [1.54, 1.807) is 18.2 Å². The zero-order chi connectivity index (χ0) is 20.5. The van der Waals surface area contributed by atoms with Crippen molar-refractivity contribution in [2.75, 3.05) is 4.72 Å². The zero-order valence-corrected chi connectivity index (χ0v) is 18.3. The van der Waals surface area contributed by atoms with Gasteiger partial charge >= 0.3 is 0 Å². The van der Waals surface area contributed by atoms with Crippen molar-refractivity contribution in [2.45, 2.75) is 4.90 Å². The van der Waals surface area contributed by atoms with Crippen molar-refractivity contribution in [1.82, 2.24) is 0 Å². The molecule has 0 radical (unpaired) electrons. The van der Waals surface area contributed by atoms with Crippen molar-refractivity contribution in [3.05, 3.63) is 79.7 Å². The van der Waals surface area contributed by atoms with Crippen LogP contribution in [0.4, 0.5) is 5.69 Å². The molecule has 0 bridgehead atoms. The van der Waals surface area contributed by atoms with Gasteiger partial charge in [-0.2, -0.15) is 0 Å². The molecule has 28 heavy (non-hydrogen) atoms. The van der Waals surface area contributed by atoms with Crippen LogP contribution < -0.4 is 9.46 Å². The van der Waals surface area contributed by atoms with Crippen molar-refractivity contribution < 1.29 is 13.2 Å². The molecule has 0 amide bonds. The van der Waals surface area contributed by atoms with E-state index < -0.39 is 10.0 Å². The van der Waals surface area contributed by atoms with Gasteiger partial charge in [-0.1, -0.05) is 76.2 Å². The molecule has 4 nitrogen and oxygen atoms in total. The first-order chi connectivity index (χ1) is 13.2. The number of sulfonamides is 1. The lowest BCUT2D eigenvalue weighted by Crippen LogP contribution is -2.12. The van der Waals surface area contributed by atoms with Crippen molar-refractivity contribution in [3.8, 4) is 11.5 Å². The van der Waals surface area contributed by atoms with Gasteiger partial charge in [0.1, 0.15) is 0 Å². The van der Waals surface area contributed by atoms with Crippen LogP contribution in [-0.2, 0) is 10.0 Å². The molecule has 0 heterocycles. The van der Waals surface area contributed by atoms with E-state index in [4.69, 9.17) is 62.7 Å². The van der Waals surface area contributed by atoms with Gasteiger partial charge in [0.2, 0.25) is 0 Å². The van der Waals surface area contributed by atoms with Crippen LogP contribution in [0.5, 0.6) is 11.5 Å². The smallest absolute Gasteiger partial charge is 0.261 e. The van der Waals surface area contributed by atoms with Crippen molar-refractivity contribution in [1.29, 1.82) is 0 Å². The first-order valence-corrected chi connectivity index (χ1v) is 10.9. The molecule has 0 unspecified atom stereocenters. The molecule has 3 aromatic rings. The van der Waals surface area contributed by atoms with Gasteiger partial charge in [-0.05, 0) is 36.4 Å². The Balaban J connectivity index is 1.92. The molecule has 0 saturated carbocycles. The Morgan fingerprint density at radius 3 is 1.68 bits per heavy atom. The van der Waals surface area contributed by atoms with Crippen LogP contribution in [-0.4, -0.2) is 8.42 Å². The minimum Gasteiger partial charge on any atom is -0.451 e.